The van der Waals surface area contributed by atoms with Gasteiger partial charge in [-0.05, 0) is 37.5 Å². The Labute approximate surface area is 130 Å². The maximum Gasteiger partial charge on any atom is 0.246 e. The minimum Gasteiger partial charge on any atom is -0.449 e. The Kier molecular flexibility index (Phi) is 3.21. The number of fused-ring (bicyclic) bond motifs is 1. The number of carbonyl (C=O) groups excluding carboxylic acids is 1. The van der Waals surface area contributed by atoms with Gasteiger partial charge in [0.2, 0.25) is 11.7 Å². The summed E-state index contributed by atoms with van der Waals surface area (Å²) in [6, 6.07) is 8.05. The van der Waals surface area contributed by atoms with Crippen molar-refractivity contribution in [3.8, 4) is 24.0 Å². The number of terminal acetylenes is 1. The molecule has 2 aliphatic rings. The third-order valence-electron chi connectivity index (χ3n) is 4.04. The summed E-state index contributed by atoms with van der Waals surface area (Å²) in [5.74, 6) is 0.732. The van der Waals surface area contributed by atoms with Crippen LogP contribution in [0.3, 0.4) is 0 Å². The summed E-state index contributed by atoms with van der Waals surface area (Å²) in [5.41, 5.74) is 0.480. The van der Waals surface area contributed by atoms with E-state index in [2.05, 4.69) is 16.7 Å². The lowest BCUT2D eigenvalue weighted by Gasteiger charge is -2.19. The van der Waals surface area contributed by atoms with Crippen LogP contribution in [0, 0.1) is 12.5 Å². The van der Waals surface area contributed by atoms with Gasteiger partial charge in [-0.15, -0.1) is 0 Å². The number of ether oxygens (including phenoxy) is 2. The van der Waals surface area contributed by atoms with Gasteiger partial charge < -0.3 is 20.1 Å². The van der Waals surface area contributed by atoms with Gasteiger partial charge in [0, 0.05) is 19.9 Å². The molecule has 1 amide bonds. The number of nitrogens with one attached hydrogen (secondary N) is 2. The van der Waals surface area contributed by atoms with Crippen LogP contribution in [0.1, 0.15) is 39.2 Å². The molecule has 1 aliphatic heterocycles. The van der Waals surface area contributed by atoms with E-state index in [1.54, 1.807) is 0 Å². The molecule has 0 aromatic heterocycles. The zero-order chi connectivity index (χ0) is 16.0. The molecule has 2 N–H and O–H groups in total. The van der Waals surface area contributed by atoms with Gasteiger partial charge in [0.05, 0.1) is 5.41 Å². The monoisotopic (exact) mass is 300 g/mol. The molecule has 5 nitrogen and oxygen atoms in total. The van der Waals surface area contributed by atoms with Crippen molar-refractivity contribution in [3.63, 3.8) is 0 Å². The minimum atomic E-state index is -0.662. The fourth-order valence-electron chi connectivity index (χ4n) is 2.79. The molecule has 116 valence electrons. The summed E-state index contributed by atoms with van der Waals surface area (Å²) >= 11 is 0. The highest BCUT2D eigenvalue weighted by Crippen LogP contribution is 2.51. The Bertz CT molecular complexity index is 656. The summed E-state index contributed by atoms with van der Waals surface area (Å²) in [6.45, 7) is 5.54. The van der Waals surface area contributed by atoms with Crippen molar-refractivity contribution < 1.29 is 14.3 Å². The molecule has 0 radical (unpaired) electrons. The predicted octanol–water partition coefficient (Wildman–Crippen LogP) is 1.87. The van der Waals surface area contributed by atoms with Gasteiger partial charge in [-0.2, -0.15) is 0 Å². The average molecular weight is 300 g/mol. The van der Waals surface area contributed by atoms with Crippen LogP contribution < -0.4 is 20.1 Å². The molecular weight excluding hydrogens is 280 g/mol. The second-order valence-electron chi connectivity index (χ2n) is 6.33. The van der Waals surface area contributed by atoms with Crippen molar-refractivity contribution in [1.29, 1.82) is 0 Å². The lowest BCUT2D eigenvalue weighted by atomic mass is 9.94. The molecule has 1 aromatic carbocycles. The number of amides is 1. The van der Waals surface area contributed by atoms with Gasteiger partial charge in [0.15, 0.2) is 11.5 Å². The normalized spacial score (nSPS) is 20.6. The van der Waals surface area contributed by atoms with Gasteiger partial charge in [0.1, 0.15) is 6.17 Å². The van der Waals surface area contributed by atoms with Crippen molar-refractivity contribution in [2.24, 2.45) is 0 Å². The number of hydrogen-bond donors (Lipinski definition) is 2. The van der Waals surface area contributed by atoms with E-state index < -0.39 is 11.2 Å². The summed E-state index contributed by atoms with van der Waals surface area (Å²) in [5, 5.41) is 5.63. The van der Waals surface area contributed by atoms with E-state index in [0.29, 0.717) is 11.5 Å². The molecule has 22 heavy (non-hydrogen) atoms. The van der Waals surface area contributed by atoms with Gasteiger partial charge in [-0.25, -0.2) is 0 Å². The van der Waals surface area contributed by atoms with Crippen LogP contribution in [0.15, 0.2) is 18.2 Å². The Morgan fingerprint density at radius 3 is 2.64 bits per heavy atom. The van der Waals surface area contributed by atoms with Crippen LogP contribution in [0.25, 0.3) is 0 Å². The highest BCUT2D eigenvalue weighted by Gasteiger charge is 2.52. The van der Waals surface area contributed by atoms with Crippen molar-refractivity contribution in [1.82, 2.24) is 10.6 Å². The fraction of sp³-hybridized carbons (Fsp3) is 0.471. The third kappa shape index (κ3) is 2.45. The molecule has 1 aromatic rings. The molecule has 1 heterocycles. The van der Waals surface area contributed by atoms with Crippen LogP contribution in [0.4, 0.5) is 0 Å². The molecule has 0 bridgehead atoms. The molecule has 1 unspecified atom stereocenters. The molecule has 1 aliphatic carbocycles. The fourth-order valence-corrected chi connectivity index (χ4v) is 2.79. The van der Waals surface area contributed by atoms with Gasteiger partial charge in [-0.1, -0.05) is 12.5 Å². The first-order chi connectivity index (χ1) is 10.4. The second kappa shape index (κ2) is 4.84. The number of carbonyl (C=O) groups is 1. The summed E-state index contributed by atoms with van der Waals surface area (Å²) in [6.07, 6.45) is 6.57. The Morgan fingerprint density at radius 2 is 2.00 bits per heavy atom. The topological polar surface area (TPSA) is 59.6 Å². The van der Waals surface area contributed by atoms with Crippen LogP contribution in [0.5, 0.6) is 11.5 Å². The standard InChI is InChI=1S/C17H20N2O3/c1-5-18-11(2)19-15(20)17(8-9-17)12-6-7-13-14(10-12)22-16(3,4)21-13/h1,6-7,10-11,18H,8-9H2,2-4H3,(H,19,20). The highest BCUT2D eigenvalue weighted by molar-refractivity contribution is 5.91. The number of benzene rings is 1. The van der Waals surface area contributed by atoms with E-state index in [-0.39, 0.29) is 12.1 Å². The first kappa shape index (κ1) is 14.6. The second-order valence-corrected chi connectivity index (χ2v) is 6.33. The maximum atomic E-state index is 12.5. The Morgan fingerprint density at radius 1 is 1.32 bits per heavy atom. The van der Waals surface area contributed by atoms with E-state index in [4.69, 9.17) is 15.9 Å². The van der Waals surface area contributed by atoms with Crippen molar-refractivity contribution in [2.75, 3.05) is 0 Å². The Balaban J connectivity index is 1.80. The summed E-state index contributed by atoms with van der Waals surface area (Å²) in [7, 11) is 0. The molecule has 1 fully saturated rings. The van der Waals surface area contributed by atoms with Gasteiger partial charge in [-0.3, -0.25) is 4.79 Å². The predicted molar refractivity (Wildman–Crippen MR) is 82.3 cm³/mol. The van der Waals surface area contributed by atoms with Crippen molar-refractivity contribution >= 4 is 5.91 Å². The van der Waals surface area contributed by atoms with E-state index in [1.807, 2.05) is 39.0 Å². The molecule has 3 rings (SSSR count). The largest absolute Gasteiger partial charge is 0.449 e. The van der Waals surface area contributed by atoms with E-state index in [1.165, 1.54) is 0 Å². The van der Waals surface area contributed by atoms with Crippen LogP contribution in [-0.4, -0.2) is 17.9 Å². The molecule has 1 atom stereocenters. The number of rotatable bonds is 4. The first-order valence-electron chi connectivity index (χ1n) is 7.41. The lowest BCUT2D eigenvalue weighted by molar-refractivity contribution is -0.124. The van der Waals surface area contributed by atoms with Crippen molar-refractivity contribution in [2.45, 2.75) is 51.0 Å². The summed E-state index contributed by atoms with van der Waals surface area (Å²) in [4.78, 5) is 12.5. The van der Waals surface area contributed by atoms with E-state index in [9.17, 15) is 4.79 Å². The highest BCUT2D eigenvalue weighted by atomic mass is 16.7. The van der Waals surface area contributed by atoms with Crippen LogP contribution in [0.2, 0.25) is 0 Å². The first-order valence-corrected chi connectivity index (χ1v) is 7.41. The quantitative estimate of drug-likeness (QED) is 0.506. The van der Waals surface area contributed by atoms with Gasteiger partial charge in [0.25, 0.3) is 0 Å². The zero-order valence-corrected chi connectivity index (χ0v) is 13.0. The zero-order valence-electron chi connectivity index (χ0n) is 13.0. The van der Waals surface area contributed by atoms with Gasteiger partial charge >= 0.3 is 0 Å². The lowest BCUT2D eigenvalue weighted by Crippen LogP contribution is -2.45. The Hall–Kier alpha value is -2.35. The average Bonchev–Trinajstić information content (AvgIpc) is 3.16. The maximum absolute atomic E-state index is 12.5. The van der Waals surface area contributed by atoms with E-state index in [0.717, 1.165) is 18.4 Å². The molecular formula is C17H20N2O3. The van der Waals surface area contributed by atoms with Crippen LogP contribution >= 0.6 is 0 Å². The summed E-state index contributed by atoms with van der Waals surface area (Å²) < 4.78 is 11.4. The van der Waals surface area contributed by atoms with Crippen LogP contribution in [-0.2, 0) is 10.2 Å². The number of hydrogen-bond acceptors (Lipinski definition) is 4. The third-order valence-corrected chi connectivity index (χ3v) is 4.04. The smallest absolute Gasteiger partial charge is 0.246 e. The van der Waals surface area contributed by atoms with Crippen molar-refractivity contribution in [3.05, 3.63) is 23.8 Å². The molecule has 5 heteroatoms. The molecule has 0 saturated heterocycles. The van der Waals surface area contributed by atoms with E-state index >= 15 is 0 Å². The minimum absolute atomic E-state index is 0.0131. The molecule has 1 saturated carbocycles. The molecule has 0 spiro atoms. The SMILES string of the molecule is C#CNC(C)NC(=O)C1(c2ccc3c(c2)OC(C)(C)O3)CC1.